The van der Waals surface area contributed by atoms with Crippen LogP contribution in [-0.2, 0) is 23.0 Å². The molecule has 0 saturated carbocycles. The highest BCUT2D eigenvalue weighted by molar-refractivity contribution is 7.89. The molecule has 114 valence electrons. The van der Waals surface area contributed by atoms with Crippen molar-refractivity contribution in [2.45, 2.75) is 17.9 Å². The summed E-state index contributed by atoms with van der Waals surface area (Å²) in [6.07, 6.45) is 1.46. The van der Waals surface area contributed by atoms with E-state index in [2.05, 4.69) is 20.2 Å². The molecule has 2 aromatic rings. The number of sulfonamides is 1. The smallest absolute Gasteiger partial charge is 0.243 e. The zero-order valence-corrected chi connectivity index (χ0v) is 12.2. The van der Waals surface area contributed by atoms with E-state index in [9.17, 15) is 12.8 Å². The maximum atomic E-state index is 13.9. The number of hydrogen-bond acceptors (Lipinski definition) is 6. The van der Waals surface area contributed by atoms with Gasteiger partial charge in [0.2, 0.25) is 15.9 Å². The number of aromatic nitrogens is 2. The fourth-order valence-corrected chi connectivity index (χ4v) is 2.84. The first-order valence-electron chi connectivity index (χ1n) is 6.21. The second-order valence-electron chi connectivity index (χ2n) is 4.28. The van der Waals surface area contributed by atoms with Crippen LogP contribution in [0.15, 0.2) is 33.9 Å². The summed E-state index contributed by atoms with van der Waals surface area (Å²) in [5.41, 5.74) is 0.666. The van der Waals surface area contributed by atoms with Crippen LogP contribution in [0.1, 0.15) is 11.5 Å². The van der Waals surface area contributed by atoms with E-state index in [0.717, 1.165) is 0 Å². The summed E-state index contributed by atoms with van der Waals surface area (Å²) in [7, 11) is -2.19. The predicted octanol–water partition coefficient (Wildman–Crippen LogP) is 0.449. The maximum absolute atomic E-state index is 13.9. The lowest BCUT2D eigenvalue weighted by Crippen LogP contribution is -2.27. The van der Waals surface area contributed by atoms with E-state index in [1.807, 2.05) is 0 Å². The van der Waals surface area contributed by atoms with Gasteiger partial charge in [-0.2, -0.15) is 4.98 Å². The molecule has 0 spiro atoms. The minimum atomic E-state index is -3.91. The first-order valence-corrected chi connectivity index (χ1v) is 7.69. The third kappa shape index (κ3) is 4.06. The molecule has 1 heterocycles. The van der Waals surface area contributed by atoms with Gasteiger partial charge in [0.05, 0.1) is 0 Å². The third-order valence-corrected chi connectivity index (χ3v) is 4.20. The van der Waals surface area contributed by atoms with Crippen LogP contribution in [0.5, 0.6) is 0 Å². The Labute approximate surface area is 121 Å². The molecule has 0 aliphatic rings. The Bertz CT molecular complexity index is 689. The van der Waals surface area contributed by atoms with Gasteiger partial charge in [-0.25, -0.2) is 17.5 Å². The number of hydrogen-bond donors (Lipinski definition) is 2. The normalized spacial score (nSPS) is 11.7. The summed E-state index contributed by atoms with van der Waals surface area (Å²) in [6, 6.07) is 4.01. The molecule has 0 aliphatic carbocycles. The van der Waals surface area contributed by atoms with Crippen molar-refractivity contribution < 1.29 is 17.3 Å². The van der Waals surface area contributed by atoms with Crippen molar-refractivity contribution in [2.75, 3.05) is 13.6 Å². The second kappa shape index (κ2) is 6.74. The zero-order valence-electron chi connectivity index (χ0n) is 11.3. The first kappa shape index (κ1) is 15.5. The SMILES string of the molecule is CNCc1ccc(S(=O)(=O)NCCc2ncno2)c(F)c1. The monoisotopic (exact) mass is 314 g/mol. The highest BCUT2D eigenvalue weighted by Gasteiger charge is 2.19. The molecule has 21 heavy (non-hydrogen) atoms. The Morgan fingerprint density at radius 1 is 1.38 bits per heavy atom. The average molecular weight is 314 g/mol. The Kier molecular flexibility index (Phi) is 4.99. The van der Waals surface area contributed by atoms with E-state index < -0.39 is 15.8 Å². The highest BCUT2D eigenvalue weighted by atomic mass is 32.2. The molecule has 0 aliphatic heterocycles. The van der Waals surface area contributed by atoms with Crippen LogP contribution in [0.2, 0.25) is 0 Å². The van der Waals surface area contributed by atoms with E-state index in [0.29, 0.717) is 18.0 Å². The Morgan fingerprint density at radius 2 is 2.19 bits per heavy atom. The van der Waals surface area contributed by atoms with Crippen molar-refractivity contribution >= 4 is 10.0 Å². The lowest BCUT2D eigenvalue weighted by molar-refractivity contribution is 0.377. The van der Waals surface area contributed by atoms with Crippen LogP contribution in [-0.4, -0.2) is 32.2 Å². The minimum absolute atomic E-state index is 0.0439. The van der Waals surface area contributed by atoms with Crippen LogP contribution >= 0.6 is 0 Å². The largest absolute Gasteiger partial charge is 0.340 e. The van der Waals surface area contributed by atoms with Crippen LogP contribution in [0.25, 0.3) is 0 Å². The standard InChI is InChI=1S/C12H15FN4O3S/c1-14-7-9-2-3-11(10(13)6-9)21(18,19)17-5-4-12-15-8-16-20-12/h2-3,6,8,14,17H,4-5,7H2,1H3. The maximum Gasteiger partial charge on any atom is 0.243 e. The average Bonchev–Trinajstić information content (AvgIpc) is 2.92. The molecule has 0 amide bonds. The van der Waals surface area contributed by atoms with Crippen molar-refractivity contribution in [2.24, 2.45) is 0 Å². The molecule has 2 rings (SSSR count). The van der Waals surface area contributed by atoms with Gasteiger partial charge >= 0.3 is 0 Å². The van der Waals surface area contributed by atoms with E-state index in [4.69, 9.17) is 4.52 Å². The van der Waals surface area contributed by atoms with Gasteiger partial charge in [0.1, 0.15) is 10.7 Å². The van der Waals surface area contributed by atoms with Crippen LogP contribution in [0, 0.1) is 5.82 Å². The Morgan fingerprint density at radius 3 is 2.81 bits per heavy atom. The third-order valence-electron chi connectivity index (χ3n) is 2.70. The van der Waals surface area contributed by atoms with Crippen molar-refractivity contribution in [1.29, 1.82) is 0 Å². The predicted molar refractivity (Wildman–Crippen MR) is 72.4 cm³/mol. The number of nitrogens with one attached hydrogen (secondary N) is 2. The molecular formula is C12H15FN4O3S. The molecular weight excluding hydrogens is 299 g/mol. The van der Waals surface area contributed by atoms with E-state index >= 15 is 0 Å². The van der Waals surface area contributed by atoms with E-state index in [1.165, 1.54) is 18.5 Å². The van der Waals surface area contributed by atoms with Crippen molar-refractivity contribution in [3.63, 3.8) is 0 Å². The van der Waals surface area contributed by atoms with Gasteiger partial charge in [-0.15, -0.1) is 0 Å². The summed E-state index contributed by atoms with van der Waals surface area (Å²) in [5.74, 6) is -0.476. The molecule has 1 aromatic heterocycles. The van der Waals surface area contributed by atoms with Gasteiger partial charge in [-0.3, -0.25) is 0 Å². The second-order valence-corrected chi connectivity index (χ2v) is 6.01. The van der Waals surface area contributed by atoms with Gasteiger partial charge in [0.25, 0.3) is 0 Å². The topological polar surface area (TPSA) is 97.1 Å². The summed E-state index contributed by atoms with van der Waals surface area (Å²) in [6.45, 7) is 0.504. The first-order chi connectivity index (χ1) is 10.0. The van der Waals surface area contributed by atoms with Crippen LogP contribution in [0.4, 0.5) is 4.39 Å². The fraction of sp³-hybridized carbons (Fsp3) is 0.333. The Balaban J connectivity index is 2.04. The lowest BCUT2D eigenvalue weighted by atomic mass is 10.2. The summed E-state index contributed by atoms with van der Waals surface area (Å²) in [4.78, 5) is 3.38. The molecule has 9 heteroatoms. The van der Waals surface area contributed by atoms with Gasteiger partial charge < -0.3 is 9.84 Å². The molecule has 2 N–H and O–H groups in total. The van der Waals surface area contributed by atoms with Crippen molar-refractivity contribution in [3.8, 4) is 0 Å². The molecule has 0 radical (unpaired) electrons. The minimum Gasteiger partial charge on any atom is -0.340 e. The number of nitrogens with zero attached hydrogens (tertiary/aromatic N) is 2. The molecule has 0 unspecified atom stereocenters. The van der Waals surface area contributed by atoms with Gasteiger partial charge in [0, 0.05) is 19.5 Å². The quantitative estimate of drug-likeness (QED) is 0.770. The van der Waals surface area contributed by atoms with Gasteiger partial charge in [-0.1, -0.05) is 11.2 Å². The van der Waals surface area contributed by atoms with Crippen LogP contribution < -0.4 is 10.0 Å². The number of halogens is 1. The summed E-state index contributed by atoms with van der Waals surface area (Å²) < 4.78 is 45.0. The number of rotatable bonds is 7. The lowest BCUT2D eigenvalue weighted by Gasteiger charge is -2.08. The highest BCUT2D eigenvalue weighted by Crippen LogP contribution is 2.16. The summed E-state index contributed by atoms with van der Waals surface area (Å²) in [5, 5.41) is 6.27. The zero-order chi connectivity index (χ0) is 15.3. The Hall–Kier alpha value is -1.84. The van der Waals surface area contributed by atoms with Crippen LogP contribution in [0.3, 0.4) is 0 Å². The van der Waals surface area contributed by atoms with Gasteiger partial charge in [-0.05, 0) is 24.7 Å². The number of benzene rings is 1. The van der Waals surface area contributed by atoms with E-state index in [1.54, 1.807) is 13.1 Å². The van der Waals surface area contributed by atoms with Crippen molar-refractivity contribution in [3.05, 3.63) is 41.8 Å². The molecule has 0 atom stereocenters. The van der Waals surface area contributed by atoms with Gasteiger partial charge in [0.15, 0.2) is 6.33 Å². The molecule has 7 nitrogen and oxygen atoms in total. The summed E-state index contributed by atoms with van der Waals surface area (Å²) >= 11 is 0. The fourth-order valence-electron chi connectivity index (χ4n) is 1.75. The molecule has 0 bridgehead atoms. The molecule has 1 aromatic carbocycles. The molecule has 0 saturated heterocycles. The van der Waals surface area contributed by atoms with E-state index in [-0.39, 0.29) is 17.9 Å². The van der Waals surface area contributed by atoms with Crippen molar-refractivity contribution in [1.82, 2.24) is 20.2 Å². The molecule has 0 fully saturated rings.